The highest BCUT2D eigenvalue weighted by molar-refractivity contribution is 9.10. The molecule has 0 radical (unpaired) electrons. The molecule has 0 spiro atoms. The number of hydrogen-bond donors (Lipinski definition) is 1. The third-order valence-corrected chi connectivity index (χ3v) is 4.60. The predicted octanol–water partition coefficient (Wildman–Crippen LogP) is 4.43. The summed E-state index contributed by atoms with van der Waals surface area (Å²) in [6.45, 7) is 14.5. The van der Waals surface area contributed by atoms with E-state index in [0.717, 1.165) is 26.9 Å². The van der Waals surface area contributed by atoms with Gasteiger partial charge in [0, 0.05) is 11.1 Å². The zero-order valence-corrected chi connectivity index (χ0v) is 15.1. The molecule has 0 aliphatic heterocycles. The van der Waals surface area contributed by atoms with Crippen LogP contribution in [0.4, 0.5) is 0 Å². The lowest BCUT2D eigenvalue weighted by atomic mass is 9.82. The molecule has 0 fully saturated rings. The molecule has 0 heterocycles. The van der Waals surface area contributed by atoms with E-state index in [4.69, 9.17) is 4.43 Å². The van der Waals surface area contributed by atoms with Crippen LogP contribution < -0.4 is 4.43 Å². The Bertz CT molecular complexity index is 433. The lowest BCUT2D eigenvalue weighted by Crippen LogP contribution is -2.17. The van der Waals surface area contributed by atoms with Crippen molar-refractivity contribution >= 4 is 25.0 Å². The lowest BCUT2D eigenvalue weighted by molar-refractivity contribution is 0.435. The maximum absolute atomic E-state index is 10.4. The average Bonchev–Trinajstić information content (AvgIpc) is 2.19. The van der Waals surface area contributed by atoms with Crippen molar-refractivity contribution < 1.29 is 9.53 Å². The van der Waals surface area contributed by atoms with Gasteiger partial charge in [-0.05, 0) is 53.8 Å². The summed E-state index contributed by atoms with van der Waals surface area (Å²) in [5, 5.41) is 10.4. The van der Waals surface area contributed by atoms with E-state index in [0.29, 0.717) is 5.75 Å². The van der Waals surface area contributed by atoms with Gasteiger partial charge in [-0.1, -0.05) is 20.8 Å². The van der Waals surface area contributed by atoms with Crippen LogP contribution in [0.25, 0.3) is 0 Å². The summed E-state index contributed by atoms with van der Waals surface area (Å²) in [5.41, 5.74) is 2.80. The van der Waals surface area contributed by atoms with E-state index in [1.165, 1.54) is 0 Å². The van der Waals surface area contributed by atoms with Crippen molar-refractivity contribution in [3.05, 3.63) is 21.2 Å². The van der Waals surface area contributed by atoms with Crippen molar-refractivity contribution in [1.29, 1.82) is 0 Å². The highest BCUT2D eigenvalue weighted by Crippen LogP contribution is 2.45. The first-order valence-electron chi connectivity index (χ1n) is 6.26. The lowest BCUT2D eigenvalue weighted by Gasteiger charge is -2.27. The molecule has 1 aromatic carbocycles. The van der Waals surface area contributed by atoms with Gasteiger partial charge in [-0.15, -0.1) is 0 Å². The zero-order chi connectivity index (χ0) is 14.2. The number of benzene rings is 1. The van der Waals surface area contributed by atoms with Gasteiger partial charge in [0.05, 0.1) is 4.47 Å². The Hall–Kier alpha value is -0.483. The first kappa shape index (κ1) is 15.6. The summed E-state index contributed by atoms with van der Waals surface area (Å²) in [6.07, 6.45) is 0. The van der Waals surface area contributed by atoms with Crippen LogP contribution in [0.3, 0.4) is 0 Å². The molecule has 1 rings (SSSR count). The molecule has 2 nitrogen and oxygen atoms in total. The van der Waals surface area contributed by atoms with Crippen LogP contribution in [0, 0.1) is 13.8 Å². The van der Waals surface area contributed by atoms with Gasteiger partial charge in [0.25, 0.3) is 0 Å². The molecule has 0 aromatic heterocycles. The third kappa shape index (κ3) is 2.91. The second-order valence-electron chi connectivity index (χ2n) is 6.03. The van der Waals surface area contributed by atoms with Gasteiger partial charge in [-0.3, -0.25) is 0 Å². The Labute approximate surface area is 120 Å². The maximum Gasteiger partial charge on any atom is 0.229 e. The van der Waals surface area contributed by atoms with Crippen LogP contribution in [-0.4, -0.2) is 14.1 Å². The van der Waals surface area contributed by atoms with Crippen LogP contribution in [0.1, 0.15) is 37.5 Å². The van der Waals surface area contributed by atoms with Crippen molar-refractivity contribution in [3.63, 3.8) is 0 Å². The van der Waals surface area contributed by atoms with Gasteiger partial charge in [0.2, 0.25) is 9.04 Å². The van der Waals surface area contributed by atoms with E-state index in [9.17, 15) is 5.11 Å². The number of halogens is 1. The highest BCUT2D eigenvalue weighted by atomic mass is 79.9. The fraction of sp³-hybridized carbons (Fsp3) is 0.571. The molecule has 0 bridgehead atoms. The van der Waals surface area contributed by atoms with Crippen molar-refractivity contribution in [3.8, 4) is 11.5 Å². The van der Waals surface area contributed by atoms with E-state index >= 15 is 0 Å². The minimum Gasteiger partial charge on any atom is -0.546 e. The first-order chi connectivity index (χ1) is 8.07. The van der Waals surface area contributed by atoms with Gasteiger partial charge >= 0.3 is 0 Å². The molecule has 0 amide bonds. The van der Waals surface area contributed by atoms with Gasteiger partial charge in [0.15, 0.2) is 0 Å². The molecule has 0 aliphatic rings. The van der Waals surface area contributed by atoms with Gasteiger partial charge < -0.3 is 9.53 Å². The van der Waals surface area contributed by atoms with E-state index in [2.05, 4.69) is 49.8 Å². The van der Waals surface area contributed by atoms with Crippen LogP contribution >= 0.6 is 15.9 Å². The third-order valence-electron chi connectivity index (χ3n) is 2.94. The Morgan fingerprint density at radius 2 is 1.61 bits per heavy atom. The quantitative estimate of drug-likeness (QED) is 0.812. The number of hydrogen-bond acceptors (Lipinski definition) is 2. The van der Waals surface area contributed by atoms with Crippen molar-refractivity contribution in [1.82, 2.24) is 0 Å². The fourth-order valence-electron chi connectivity index (χ4n) is 2.21. The molecule has 102 valence electrons. The second kappa shape index (κ2) is 5.25. The number of phenolic OH excluding ortho intramolecular Hbond substituents is 1. The van der Waals surface area contributed by atoms with Crippen molar-refractivity contribution in [2.75, 3.05) is 0 Å². The summed E-state index contributed by atoms with van der Waals surface area (Å²) in [5.74, 6) is 1.17. The predicted molar refractivity (Wildman–Crippen MR) is 83.5 cm³/mol. The van der Waals surface area contributed by atoms with E-state index in [1.807, 2.05) is 13.8 Å². The molecule has 0 saturated heterocycles. The molecule has 1 N–H and O–H groups in total. The number of rotatable bonds is 2. The molecular weight excluding hydrogens is 308 g/mol. The zero-order valence-electron chi connectivity index (χ0n) is 12.3. The Morgan fingerprint density at radius 1 is 1.11 bits per heavy atom. The van der Waals surface area contributed by atoms with Crippen LogP contribution in [-0.2, 0) is 5.41 Å². The molecule has 0 saturated carbocycles. The summed E-state index contributed by atoms with van der Waals surface area (Å²) < 4.78 is 6.91. The van der Waals surface area contributed by atoms with Crippen LogP contribution in [0.15, 0.2) is 4.47 Å². The molecule has 18 heavy (non-hydrogen) atoms. The smallest absolute Gasteiger partial charge is 0.229 e. The largest absolute Gasteiger partial charge is 0.546 e. The van der Waals surface area contributed by atoms with Crippen LogP contribution in [0.2, 0.25) is 13.1 Å². The first-order valence-corrected chi connectivity index (χ1v) is 9.83. The SMILES string of the molecule is Cc1c(O)c(C(C)(C)C)c(C)c(Br)c1O[SiH](C)C. The topological polar surface area (TPSA) is 29.5 Å². The highest BCUT2D eigenvalue weighted by Gasteiger charge is 2.26. The summed E-state index contributed by atoms with van der Waals surface area (Å²) in [7, 11) is -1.19. The Morgan fingerprint density at radius 3 is 2.00 bits per heavy atom. The minimum atomic E-state index is -1.19. The van der Waals surface area contributed by atoms with E-state index in [1.54, 1.807) is 0 Å². The van der Waals surface area contributed by atoms with Gasteiger partial charge in [-0.2, -0.15) is 0 Å². The van der Waals surface area contributed by atoms with Crippen molar-refractivity contribution in [2.45, 2.75) is 53.1 Å². The maximum atomic E-state index is 10.4. The fourth-order valence-corrected chi connectivity index (χ4v) is 3.74. The Balaban J connectivity index is 3.56. The minimum absolute atomic E-state index is 0.0881. The summed E-state index contributed by atoms with van der Waals surface area (Å²) >= 11 is 3.62. The van der Waals surface area contributed by atoms with Gasteiger partial charge in [-0.25, -0.2) is 0 Å². The summed E-state index contributed by atoms with van der Waals surface area (Å²) in [6, 6.07) is 0. The van der Waals surface area contributed by atoms with Gasteiger partial charge in [0.1, 0.15) is 11.5 Å². The standard InChI is InChI=1S/C14H23BrO2Si/c1-8-10(14(3,4)5)12(16)9(2)13(11(8)15)17-18(6)7/h16,18H,1-7H3. The molecule has 1 aromatic rings. The second-order valence-corrected chi connectivity index (χ2v) is 9.16. The van der Waals surface area contributed by atoms with Crippen LogP contribution in [0.5, 0.6) is 11.5 Å². The average molecular weight is 331 g/mol. The molecule has 0 unspecified atom stereocenters. The molecule has 4 heteroatoms. The van der Waals surface area contributed by atoms with E-state index < -0.39 is 9.04 Å². The normalized spacial score (nSPS) is 12.1. The molecular formula is C14H23BrO2Si. The van der Waals surface area contributed by atoms with E-state index in [-0.39, 0.29) is 5.41 Å². The molecule has 0 atom stereocenters. The molecule has 0 aliphatic carbocycles. The number of aromatic hydroxyl groups is 1. The monoisotopic (exact) mass is 330 g/mol. The van der Waals surface area contributed by atoms with Crippen molar-refractivity contribution in [2.24, 2.45) is 0 Å². The summed E-state index contributed by atoms with van der Waals surface area (Å²) in [4.78, 5) is 0. The Kier molecular flexibility index (Phi) is 4.54. The number of phenols is 1.